The molecule has 3 aromatic rings. The molecule has 33 heavy (non-hydrogen) atoms. The molecule has 1 amide bonds. The van der Waals surface area contributed by atoms with Crippen molar-refractivity contribution in [2.45, 2.75) is 24.7 Å². The van der Waals surface area contributed by atoms with Crippen LogP contribution in [0.1, 0.15) is 27.4 Å². The van der Waals surface area contributed by atoms with Gasteiger partial charge in [0.1, 0.15) is 5.82 Å². The Hall–Kier alpha value is -3.46. The number of benzene rings is 3. The molecule has 3 aromatic carbocycles. The summed E-state index contributed by atoms with van der Waals surface area (Å²) in [6.45, 7) is 2.22. The molecule has 5 rings (SSSR count). The highest BCUT2D eigenvalue weighted by Crippen LogP contribution is 2.35. The Morgan fingerprint density at radius 3 is 2.27 bits per heavy atom. The Balaban J connectivity index is 0.000000325. The standard InChI is InChI=1S/C22H19FN2O.C2HF3O2/c23-20-10-9-18(16-7-3-4-8-17(16)20)22(26)25-12-19-15-6-2-1-5-14(15)11-24-21(19)13-25;3-2(4,5)1(6)7/h1-10,19,21,24H,11-13H2;(H,6,7)/t19-,21-;/m0./s1. The largest absolute Gasteiger partial charge is 0.490 e. The fourth-order valence-electron chi connectivity index (χ4n) is 4.41. The Labute approximate surface area is 186 Å². The minimum Gasteiger partial charge on any atom is -0.475 e. The number of likely N-dealkylation sites (tertiary alicyclic amines) is 1. The van der Waals surface area contributed by atoms with Gasteiger partial charge < -0.3 is 15.3 Å². The number of carboxylic acid groups (broad SMARTS) is 1. The first-order valence-electron chi connectivity index (χ1n) is 10.2. The van der Waals surface area contributed by atoms with Crippen molar-refractivity contribution in [2.75, 3.05) is 13.1 Å². The average Bonchev–Trinajstić information content (AvgIpc) is 3.24. The van der Waals surface area contributed by atoms with Crippen molar-refractivity contribution in [3.63, 3.8) is 0 Å². The maximum Gasteiger partial charge on any atom is 0.490 e. The number of amides is 1. The summed E-state index contributed by atoms with van der Waals surface area (Å²) in [7, 11) is 0. The summed E-state index contributed by atoms with van der Waals surface area (Å²) in [6, 6.07) is 18.9. The maximum atomic E-state index is 14.1. The van der Waals surface area contributed by atoms with E-state index < -0.39 is 12.1 Å². The van der Waals surface area contributed by atoms with E-state index in [1.807, 2.05) is 17.0 Å². The van der Waals surface area contributed by atoms with E-state index in [9.17, 15) is 22.4 Å². The van der Waals surface area contributed by atoms with Gasteiger partial charge in [-0.25, -0.2) is 9.18 Å². The number of rotatable bonds is 1. The van der Waals surface area contributed by atoms with Gasteiger partial charge in [0.2, 0.25) is 0 Å². The predicted molar refractivity (Wildman–Crippen MR) is 113 cm³/mol. The normalized spacial score (nSPS) is 19.3. The van der Waals surface area contributed by atoms with Crippen LogP contribution in [-0.2, 0) is 11.3 Å². The Morgan fingerprint density at radius 2 is 1.58 bits per heavy atom. The number of carbonyl (C=O) groups is 2. The molecule has 2 N–H and O–H groups in total. The van der Waals surface area contributed by atoms with E-state index >= 15 is 0 Å². The summed E-state index contributed by atoms with van der Waals surface area (Å²) in [5.41, 5.74) is 3.24. The second-order valence-electron chi connectivity index (χ2n) is 7.95. The van der Waals surface area contributed by atoms with Crippen molar-refractivity contribution in [2.24, 2.45) is 0 Å². The highest BCUT2D eigenvalue weighted by molar-refractivity contribution is 6.07. The minimum atomic E-state index is -5.08. The molecule has 9 heteroatoms. The van der Waals surface area contributed by atoms with Gasteiger partial charge in [-0.2, -0.15) is 13.2 Å². The van der Waals surface area contributed by atoms with Crippen molar-refractivity contribution >= 4 is 22.6 Å². The molecule has 0 radical (unpaired) electrons. The highest BCUT2D eigenvalue weighted by Gasteiger charge is 2.40. The number of carbonyl (C=O) groups excluding carboxylic acids is 1. The van der Waals surface area contributed by atoms with Crippen LogP contribution in [0.2, 0.25) is 0 Å². The van der Waals surface area contributed by atoms with Gasteiger partial charge in [-0.05, 0) is 28.6 Å². The van der Waals surface area contributed by atoms with Crippen molar-refractivity contribution in [3.05, 3.63) is 83.2 Å². The van der Waals surface area contributed by atoms with E-state index in [1.54, 1.807) is 18.2 Å². The number of carboxylic acids is 1. The second kappa shape index (κ2) is 8.82. The van der Waals surface area contributed by atoms with Gasteiger partial charge >= 0.3 is 12.1 Å². The molecule has 2 atom stereocenters. The SMILES string of the molecule is O=C(O)C(F)(F)F.O=C(c1ccc(F)c2ccccc12)N1C[C@@H]2NCc3ccccc3[C@@H]2C1. The summed E-state index contributed by atoms with van der Waals surface area (Å²) >= 11 is 0. The zero-order chi connectivity index (χ0) is 23.8. The molecular weight excluding hydrogens is 440 g/mol. The number of nitrogens with zero attached hydrogens (tertiary/aromatic N) is 1. The van der Waals surface area contributed by atoms with Gasteiger partial charge in [-0.3, -0.25) is 4.79 Å². The molecule has 0 aliphatic carbocycles. The predicted octanol–water partition coefficient (Wildman–Crippen LogP) is 4.32. The van der Waals surface area contributed by atoms with Gasteiger partial charge in [0.05, 0.1) is 0 Å². The molecule has 2 heterocycles. The van der Waals surface area contributed by atoms with Crippen molar-refractivity contribution in [1.29, 1.82) is 0 Å². The van der Waals surface area contributed by atoms with Gasteiger partial charge in [-0.15, -0.1) is 0 Å². The zero-order valence-corrected chi connectivity index (χ0v) is 17.3. The lowest BCUT2D eigenvalue weighted by molar-refractivity contribution is -0.192. The van der Waals surface area contributed by atoms with E-state index in [2.05, 4.69) is 29.6 Å². The van der Waals surface area contributed by atoms with Gasteiger partial charge in [0.15, 0.2) is 0 Å². The van der Waals surface area contributed by atoms with Gasteiger partial charge in [-0.1, -0.05) is 48.5 Å². The molecule has 0 spiro atoms. The van der Waals surface area contributed by atoms with Crippen molar-refractivity contribution in [3.8, 4) is 0 Å². The minimum absolute atomic E-state index is 0.0186. The third-order valence-corrected chi connectivity index (χ3v) is 5.96. The van der Waals surface area contributed by atoms with E-state index in [4.69, 9.17) is 9.90 Å². The molecule has 0 aromatic heterocycles. The molecule has 0 unspecified atom stereocenters. The van der Waals surface area contributed by atoms with Crippen LogP contribution in [0.3, 0.4) is 0 Å². The summed E-state index contributed by atoms with van der Waals surface area (Å²) in [5.74, 6) is -2.75. The smallest absolute Gasteiger partial charge is 0.475 e. The molecule has 0 saturated carbocycles. The fourth-order valence-corrected chi connectivity index (χ4v) is 4.41. The number of aliphatic carboxylic acids is 1. The fraction of sp³-hybridized carbons (Fsp3) is 0.250. The molecular formula is C24H20F4N2O3. The summed E-state index contributed by atoms with van der Waals surface area (Å²) < 4.78 is 45.8. The van der Waals surface area contributed by atoms with Crippen molar-refractivity contribution < 1.29 is 32.3 Å². The Morgan fingerprint density at radius 1 is 0.939 bits per heavy atom. The monoisotopic (exact) mass is 460 g/mol. The Kier molecular flexibility index (Phi) is 6.07. The van der Waals surface area contributed by atoms with Crippen LogP contribution in [0, 0.1) is 5.82 Å². The number of alkyl halides is 3. The number of fused-ring (bicyclic) bond motifs is 4. The van der Waals surface area contributed by atoms with Crippen LogP contribution in [0.4, 0.5) is 17.6 Å². The average molecular weight is 460 g/mol. The summed E-state index contributed by atoms with van der Waals surface area (Å²) in [6.07, 6.45) is -5.08. The third-order valence-electron chi connectivity index (χ3n) is 5.96. The van der Waals surface area contributed by atoms with Crippen LogP contribution in [0.15, 0.2) is 60.7 Å². The van der Waals surface area contributed by atoms with Crippen LogP contribution in [0.25, 0.3) is 10.8 Å². The zero-order valence-electron chi connectivity index (χ0n) is 17.3. The first-order chi connectivity index (χ1) is 15.7. The van der Waals surface area contributed by atoms with E-state index in [-0.39, 0.29) is 17.8 Å². The maximum absolute atomic E-state index is 14.1. The van der Waals surface area contributed by atoms with Crippen molar-refractivity contribution in [1.82, 2.24) is 10.2 Å². The molecule has 1 fully saturated rings. The lowest BCUT2D eigenvalue weighted by atomic mass is 9.87. The highest BCUT2D eigenvalue weighted by atomic mass is 19.4. The number of hydrogen-bond donors (Lipinski definition) is 2. The second-order valence-corrected chi connectivity index (χ2v) is 7.95. The van der Waals surface area contributed by atoms with Gasteiger partial charge in [0.25, 0.3) is 5.91 Å². The number of hydrogen-bond acceptors (Lipinski definition) is 3. The topological polar surface area (TPSA) is 69.6 Å². The quantitative estimate of drug-likeness (QED) is 0.531. The van der Waals surface area contributed by atoms with Crippen LogP contribution >= 0.6 is 0 Å². The Bertz CT molecular complexity index is 1210. The molecule has 5 nitrogen and oxygen atoms in total. The van der Waals surface area contributed by atoms with Crippen LogP contribution in [-0.4, -0.2) is 47.2 Å². The van der Waals surface area contributed by atoms with E-state index in [0.29, 0.717) is 35.3 Å². The first kappa shape index (κ1) is 22.7. The molecule has 0 bridgehead atoms. The van der Waals surface area contributed by atoms with Gasteiger partial charge in [0, 0.05) is 42.5 Å². The van der Waals surface area contributed by atoms with E-state index in [1.165, 1.54) is 17.2 Å². The summed E-state index contributed by atoms with van der Waals surface area (Å²) in [5, 5.41) is 11.9. The number of halogens is 4. The lowest BCUT2D eigenvalue weighted by Crippen LogP contribution is -2.39. The van der Waals surface area contributed by atoms with E-state index in [0.717, 1.165) is 6.54 Å². The molecule has 2 aliphatic heterocycles. The number of nitrogens with one attached hydrogen (secondary N) is 1. The first-order valence-corrected chi connectivity index (χ1v) is 10.2. The molecule has 2 aliphatic rings. The molecule has 172 valence electrons. The molecule has 1 saturated heterocycles. The van der Waals surface area contributed by atoms with Crippen LogP contribution in [0.5, 0.6) is 0 Å². The third kappa shape index (κ3) is 4.54. The lowest BCUT2D eigenvalue weighted by Gasteiger charge is -2.28. The summed E-state index contributed by atoms with van der Waals surface area (Å²) in [4.78, 5) is 24.0. The van der Waals surface area contributed by atoms with Crippen LogP contribution < -0.4 is 5.32 Å².